The molecule has 1 N–H and O–H groups in total. The fourth-order valence-electron chi connectivity index (χ4n) is 1.91. The van der Waals surface area contributed by atoms with E-state index in [1.165, 1.54) is 11.1 Å². The van der Waals surface area contributed by atoms with Crippen molar-refractivity contribution in [2.24, 2.45) is 0 Å². The first-order chi connectivity index (χ1) is 8.81. The monoisotopic (exact) mass is 242 g/mol. The first-order valence-electron chi connectivity index (χ1n) is 6.06. The number of pyridine rings is 1. The second-order valence-corrected chi connectivity index (χ2v) is 4.21. The van der Waals surface area contributed by atoms with Crippen LogP contribution in [0.2, 0.25) is 0 Å². The molecule has 3 nitrogen and oxygen atoms in total. The van der Waals surface area contributed by atoms with E-state index in [0.717, 1.165) is 12.3 Å². The molecule has 94 valence electrons. The molecule has 0 saturated heterocycles. The van der Waals surface area contributed by atoms with Crippen molar-refractivity contribution in [3.05, 3.63) is 59.9 Å². The molecule has 0 aliphatic rings. The zero-order valence-electron chi connectivity index (χ0n) is 10.8. The Hall–Kier alpha value is -1.87. The van der Waals surface area contributed by atoms with Crippen molar-refractivity contribution in [3.63, 3.8) is 0 Å². The number of aromatic nitrogens is 1. The molecule has 0 aliphatic carbocycles. The summed E-state index contributed by atoms with van der Waals surface area (Å²) in [6, 6.07) is 12.3. The van der Waals surface area contributed by atoms with Crippen LogP contribution in [0, 0.1) is 0 Å². The third-order valence-corrected chi connectivity index (χ3v) is 2.94. The van der Waals surface area contributed by atoms with Crippen LogP contribution in [0.3, 0.4) is 0 Å². The second kappa shape index (κ2) is 6.17. The number of methoxy groups -OCH3 is 1. The quantitative estimate of drug-likeness (QED) is 0.875. The number of para-hydroxylation sites is 1. The Morgan fingerprint density at radius 3 is 2.78 bits per heavy atom. The summed E-state index contributed by atoms with van der Waals surface area (Å²) in [7, 11) is 1.70. The number of nitrogens with one attached hydrogen (secondary N) is 1. The molecule has 0 amide bonds. The Kier molecular flexibility index (Phi) is 4.31. The Labute approximate surface area is 108 Å². The van der Waals surface area contributed by atoms with Gasteiger partial charge in [-0.05, 0) is 24.6 Å². The Balaban J connectivity index is 2.01. The fraction of sp³-hybridized carbons (Fsp3) is 0.267. The van der Waals surface area contributed by atoms with E-state index in [2.05, 4.69) is 29.4 Å². The highest BCUT2D eigenvalue weighted by molar-refractivity contribution is 5.35. The van der Waals surface area contributed by atoms with Gasteiger partial charge < -0.3 is 10.1 Å². The normalized spacial score (nSPS) is 12.1. The van der Waals surface area contributed by atoms with E-state index in [0.29, 0.717) is 0 Å². The van der Waals surface area contributed by atoms with Gasteiger partial charge >= 0.3 is 0 Å². The zero-order valence-corrected chi connectivity index (χ0v) is 10.8. The Bertz CT molecular complexity index is 485. The third kappa shape index (κ3) is 3.08. The standard InChI is InChI=1S/C15H18N2O/c1-12(14-7-3-4-8-15(14)18-2)17-11-13-6-5-9-16-10-13/h3-10,12,17H,11H2,1-2H3. The molecule has 0 radical (unpaired) electrons. The maximum Gasteiger partial charge on any atom is 0.123 e. The smallest absolute Gasteiger partial charge is 0.123 e. The minimum absolute atomic E-state index is 0.237. The van der Waals surface area contributed by atoms with Crippen molar-refractivity contribution in [3.8, 4) is 5.75 Å². The molecule has 2 aromatic rings. The van der Waals surface area contributed by atoms with Crippen LogP contribution in [0.4, 0.5) is 0 Å². The summed E-state index contributed by atoms with van der Waals surface area (Å²) in [5.41, 5.74) is 2.35. The number of benzene rings is 1. The van der Waals surface area contributed by atoms with Gasteiger partial charge in [0.05, 0.1) is 7.11 Å². The highest BCUT2D eigenvalue weighted by atomic mass is 16.5. The van der Waals surface area contributed by atoms with E-state index in [1.807, 2.05) is 30.5 Å². The van der Waals surface area contributed by atoms with Gasteiger partial charge in [0.2, 0.25) is 0 Å². The van der Waals surface area contributed by atoms with Gasteiger partial charge in [-0.2, -0.15) is 0 Å². The van der Waals surface area contributed by atoms with Crippen molar-refractivity contribution in [2.45, 2.75) is 19.5 Å². The summed E-state index contributed by atoms with van der Waals surface area (Å²) in [5, 5.41) is 3.47. The predicted molar refractivity (Wildman–Crippen MR) is 72.5 cm³/mol. The Morgan fingerprint density at radius 2 is 2.06 bits per heavy atom. The number of hydrogen-bond acceptors (Lipinski definition) is 3. The molecule has 0 spiro atoms. The topological polar surface area (TPSA) is 34.1 Å². The minimum Gasteiger partial charge on any atom is -0.496 e. The van der Waals surface area contributed by atoms with Gasteiger partial charge in [-0.1, -0.05) is 24.3 Å². The largest absolute Gasteiger partial charge is 0.496 e. The molecule has 2 rings (SSSR count). The van der Waals surface area contributed by atoms with Gasteiger partial charge in [-0.15, -0.1) is 0 Å². The van der Waals surface area contributed by atoms with Crippen molar-refractivity contribution < 1.29 is 4.74 Å². The summed E-state index contributed by atoms with van der Waals surface area (Å²) >= 11 is 0. The first kappa shape index (κ1) is 12.6. The van der Waals surface area contributed by atoms with E-state index < -0.39 is 0 Å². The molecule has 1 unspecified atom stereocenters. The Morgan fingerprint density at radius 1 is 1.22 bits per heavy atom. The lowest BCUT2D eigenvalue weighted by Crippen LogP contribution is -2.18. The lowest BCUT2D eigenvalue weighted by molar-refractivity contribution is 0.401. The molecule has 0 aliphatic heterocycles. The molecule has 3 heteroatoms. The summed E-state index contributed by atoms with van der Waals surface area (Å²) in [6.07, 6.45) is 3.66. The van der Waals surface area contributed by atoms with Crippen LogP contribution in [0.5, 0.6) is 5.75 Å². The van der Waals surface area contributed by atoms with Crippen molar-refractivity contribution >= 4 is 0 Å². The highest BCUT2D eigenvalue weighted by Crippen LogP contribution is 2.24. The molecule has 1 aromatic carbocycles. The second-order valence-electron chi connectivity index (χ2n) is 4.21. The molecule has 18 heavy (non-hydrogen) atoms. The number of nitrogens with zero attached hydrogens (tertiary/aromatic N) is 1. The van der Waals surface area contributed by atoms with Crippen LogP contribution in [0.15, 0.2) is 48.8 Å². The van der Waals surface area contributed by atoms with Gasteiger partial charge in [-0.3, -0.25) is 4.98 Å². The number of rotatable bonds is 5. The lowest BCUT2D eigenvalue weighted by Gasteiger charge is -2.17. The average molecular weight is 242 g/mol. The minimum atomic E-state index is 0.237. The van der Waals surface area contributed by atoms with Gasteiger partial charge in [-0.25, -0.2) is 0 Å². The van der Waals surface area contributed by atoms with Crippen LogP contribution in [0.1, 0.15) is 24.1 Å². The zero-order chi connectivity index (χ0) is 12.8. The van der Waals surface area contributed by atoms with Gasteiger partial charge in [0.15, 0.2) is 0 Å². The molecule has 0 saturated carbocycles. The predicted octanol–water partition coefficient (Wildman–Crippen LogP) is 2.94. The molecule has 1 heterocycles. The maximum absolute atomic E-state index is 5.37. The lowest BCUT2D eigenvalue weighted by atomic mass is 10.1. The molecular weight excluding hydrogens is 224 g/mol. The van der Waals surface area contributed by atoms with Crippen molar-refractivity contribution in [1.82, 2.24) is 10.3 Å². The fourth-order valence-corrected chi connectivity index (χ4v) is 1.91. The van der Waals surface area contributed by atoms with Crippen LogP contribution < -0.4 is 10.1 Å². The van der Waals surface area contributed by atoms with E-state index in [9.17, 15) is 0 Å². The van der Waals surface area contributed by atoms with E-state index in [1.54, 1.807) is 13.3 Å². The summed E-state index contributed by atoms with van der Waals surface area (Å²) in [4.78, 5) is 4.10. The third-order valence-electron chi connectivity index (χ3n) is 2.94. The summed E-state index contributed by atoms with van der Waals surface area (Å²) < 4.78 is 5.37. The molecule has 1 atom stereocenters. The maximum atomic E-state index is 5.37. The molecule has 0 fully saturated rings. The summed E-state index contributed by atoms with van der Waals surface area (Å²) in [6.45, 7) is 2.93. The van der Waals surface area contributed by atoms with Crippen LogP contribution >= 0.6 is 0 Å². The molecule has 1 aromatic heterocycles. The van der Waals surface area contributed by atoms with E-state index in [-0.39, 0.29) is 6.04 Å². The van der Waals surface area contributed by atoms with E-state index >= 15 is 0 Å². The van der Waals surface area contributed by atoms with Gasteiger partial charge in [0.1, 0.15) is 5.75 Å². The first-order valence-corrected chi connectivity index (χ1v) is 6.06. The number of ether oxygens (including phenoxy) is 1. The average Bonchev–Trinajstić information content (AvgIpc) is 2.45. The van der Waals surface area contributed by atoms with Crippen LogP contribution in [0.25, 0.3) is 0 Å². The SMILES string of the molecule is COc1ccccc1C(C)NCc1cccnc1. The van der Waals surface area contributed by atoms with Crippen molar-refractivity contribution in [2.75, 3.05) is 7.11 Å². The van der Waals surface area contributed by atoms with Gasteiger partial charge in [0.25, 0.3) is 0 Å². The van der Waals surface area contributed by atoms with Crippen LogP contribution in [-0.4, -0.2) is 12.1 Å². The molecule has 0 bridgehead atoms. The van der Waals surface area contributed by atoms with Crippen molar-refractivity contribution in [1.29, 1.82) is 0 Å². The van der Waals surface area contributed by atoms with Gasteiger partial charge in [0, 0.05) is 30.5 Å². The summed E-state index contributed by atoms with van der Waals surface area (Å²) in [5.74, 6) is 0.920. The van der Waals surface area contributed by atoms with Crippen LogP contribution in [-0.2, 0) is 6.54 Å². The molecular formula is C15H18N2O. The highest BCUT2D eigenvalue weighted by Gasteiger charge is 2.09. The number of hydrogen-bond donors (Lipinski definition) is 1. The van der Waals surface area contributed by atoms with E-state index in [4.69, 9.17) is 4.74 Å².